The number of halogens is 1. The van der Waals surface area contributed by atoms with Crippen molar-refractivity contribution in [1.82, 2.24) is 5.32 Å². The smallest absolute Gasteiger partial charge is 0.163 e. The molecule has 0 aliphatic carbocycles. The molecule has 3 nitrogen and oxygen atoms in total. The van der Waals surface area contributed by atoms with Gasteiger partial charge in [-0.05, 0) is 56.3 Å². The predicted octanol–water partition coefficient (Wildman–Crippen LogP) is 3.80. The molecule has 0 spiro atoms. The van der Waals surface area contributed by atoms with E-state index in [1.165, 1.54) is 13.2 Å². The highest BCUT2D eigenvalue weighted by Crippen LogP contribution is 2.30. The summed E-state index contributed by atoms with van der Waals surface area (Å²) >= 11 is 0. The Morgan fingerprint density at radius 1 is 1.10 bits per heavy atom. The van der Waals surface area contributed by atoms with Gasteiger partial charge in [-0.15, -0.1) is 0 Å². The van der Waals surface area contributed by atoms with Gasteiger partial charge >= 0.3 is 0 Å². The fourth-order valence-corrected chi connectivity index (χ4v) is 2.28. The third-order valence-corrected chi connectivity index (χ3v) is 3.70. The summed E-state index contributed by atoms with van der Waals surface area (Å²) in [4.78, 5) is 0. The molecule has 0 aliphatic rings. The van der Waals surface area contributed by atoms with Crippen LogP contribution in [0, 0.1) is 11.7 Å². The number of hydrogen-bond acceptors (Lipinski definition) is 3. The van der Waals surface area contributed by atoms with Crippen LogP contribution in [0.5, 0.6) is 11.5 Å². The van der Waals surface area contributed by atoms with Crippen LogP contribution in [-0.4, -0.2) is 27.3 Å². The van der Waals surface area contributed by atoms with Gasteiger partial charge in [0.15, 0.2) is 11.5 Å². The van der Waals surface area contributed by atoms with Crippen molar-refractivity contribution in [2.75, 3.05) is 27.3 Å². The normalized spacial score (nSPS) is 12.2. The van der Waals surface area contributed by atoms with Gasteiger partial charge in [0.25, 0.3) is 0 Å². The number of nitrogens with one attached hydrogen (secondary N) is 1. The number of ether oxygens (including phenoxy) is 2. The monoisotopic (exact) mass is 297 g/mol. The highest BCUT2D eigenvalue weighted by molar-refractivity contribution is 5.43. The van der Waals surface area contributed by atoms with Crippen molar-refractivity contribution >= 4 is 0 Å². The molecule has 0 aromatic heterocycles. The van der Waals surface area contributed by atoms with Gasteiger partial charge in [0.2, 0.25) is 0 Å². The third kappa shape index (κ3) is 5.92. The third-order valence-electron chi connectivity index (χ3n) is 3.70. The van der Waals surface area contributed by atoms with Gasteiger partial charge in [0.1, 0.15) is 5.82 Å². The van der Waals surface area contributed by atoms with Crippen molar-refractivity contribution in [1.29, 1.82) is 0 Å². The van der Waals surface area contributed by atoms with E-state index in [4.69, 9.17) is 9.47 Å². The first-order valence-electron chi connectivity index (χ1n) is 7.73. The Hall–Kier alpha value is -1.29. The molecule has 4 heteroatoms. The van der Waals surface area contributed by atoms with E-state index in [0.717, 1.165) is 38.8 Å². The molecule has 0 bridgehead atoms. The predicted molar refractivity (Wildman–Crippen MR) is 84.8 cm³/mol. The summed E-state index contributed by atoms with van der Waals surface area (Å²) in [7, 11) is 3.09. The molecule has 1 rings (SSSR count). The van der Waals surface area contributed by atoms with Crippen molar-refractivity contribution in [2.24, 2.45) is 5.92 Å². The molecule has 0 amide bonds. The van der Waals surface area contributed by atoms with E-state index in [1.807, 2.05) is 0 Å². The first kappa shape index (κ1) is 17.8. The van der Waals surface area contributed by atoms with Crippen LogP contribution in [-0.2, 0) is 6.42 Å². The van der Waals surface area contributed by atoms with Gasteiger partial charge in [-0.1, -0.05) is 13.8 Å². The summed E-state index contributed by atoms with van der Waals surface area (Å²) in [6.07, 6.45) is 3.97. The Morgan fingerprint density at radius 3 is 2.38 bits per heavy atom. The molecular weight excluding hydrogens is 269 g/mol. The lowest BCUT2D eigenvalue weighted by Crippen LogP contribution is -2.18. The molecule has 1 aromatic rings. The molecule has 21 heavy (non-hydrogen) atoms. The maximum atomic E-state index is 14.0. The molecule has 1 unspecified atom stereocenters. The second-order valence-corrected chi connectivity index (χ2v) is 5.48. The summed E-state index contributed by atoms with van der Waals surface area (Å²) in [5.74, 6) is 1.38. The Balaban J connectivity index is 2.51. The maximum Gasteiger partial charge on any atom is 0.163 e. The Labute approximate surface area is 127 Å². The Bertz CT molecular complexity index is 423. The number of aryl methyl sites for hydroxylation is 1. The van der Waals surface area contributed by atoms with Crippen LogP contribution in [0.1, 0.15) is 38.7 Å². The van der Waals surface area contributed by atoms with E-state index < -0.39 is 0 Å². The Kier molecular flexibility index (Phi) is 8.13. The van der Waals surface area contributed by atoms with Crippen LogP contribution in [0.4, 0.5) is 4.39 Å². The van der Waals surface area contributed by atoms with Gasteiger partial charge in [-0.2, -0.15) is 0 Å². The highest BCUT2D eigenvalue weighted by Gasteiger charge is 2.12. The zero-order valence-electron chi connectivity index (χ0n) is 13.7. The van der Waals surface area contributed by atoms with E-state index in [-0.39, 0.29) is 5.82 Å². The molecule has 0 radical (unpaired) electrons. The Morgan fingerprint density at radius 2 is 1.76 bits per heavy atom. The lowest BCUT2D eigenvalue weighted by Gasteiger charge is -2.14. The molecule has 1 atom stereocenters. The average molecular weight is 297 g/mol. The van der Waals surface area contributed by atoms with E-state index >= 15 is 0 Å². The number of rotatable bonds is 10. The fourth-order valence-electron chi connectivity index (χ4n) is 2.28. The van der Waals surface area contributed by atoms with Crippen LogP contribution in [0.25, 0.3) is 0 Å². The molecule has 0 fully saturated rings. The zero-order chi connectivity index (χ0) is 15.7. The van der Waals surface area contributed by atoms with Crippen LogP contribution >= 0.6 is 0 Å². The van der Waals surface area contributed by atoms with Gasteiger partial charge in [-0.25, -0.2) is 4.39 Å². The molecule has 0 saturated carbocycles. The molecule has 0 heterocycles. The van der Waals surface area contributed by atoms with Gasteiger partial charge in [0.05, 0.1) is 14.2 Å². The number of hydrogen-bond donors (Lipinski definition) is 1. The minimum atomic E-state index is -0.219. The molecule has 120 valence electrons. The van der Waals surface area contributed by atoms with Gasteiger partial charge in [-0.3, -0.25) is 0 Å². The molecule has 1 N–H and O–H groups in total. The SMILES string of the molecule is CCCNCCC(C)CCc1cc(OC)c(OC)cc1F. The number of benzene rings is 1. The van der Waals surface area contributed by atoms with E-state index in [9.17, 15) is 4.39 Å². The van der Waals surface area contributed by atoms with Crippen molar-refractivity contribution in [3.05, 3.63) is 23.5 Å². The summed E-state index contributed by atoms with van der Waals surface area (Å²) in [5.41, 5.74) is 0.695. The summed E-state index contributed by atoms with van der Waals surface area (Å²) in [5, 5.41) is 3.40. The van der Waals surface area contributed by atoms with Crippen molar-refractivity contribution in [3.8, 4) is 11.5 Å². The minimum absolute atomic E-state index is 0.219. The second-order valence-electron chi connectivity index (χ2n) is 5.48. The van der Waals surface area contributed by atoms with Crippen LogP contribution < -0.4 is 14.8 Å². The van der Waals surface area contributed by atoms with Crippen LogP contribution in [0.15, 0.2) is 12.1 Å². The van der Waals surface area contributed by atoms with Gasteiger partial charge in [0, 0.05) is 6.07 Å². The molecular formula is C17H28FNO2. The van der Waals surface area contributed by atoms with E-state index in [2.05, 4.69) is 19.2 Å². The summed E-state index contributed by atoms with van der Waals surface area (Å²) in [6.45, 7) is 6.48. The van der Waals surface area contributed by atoms with E-state index in [0.29, 0.717) is 23.0 Å². The first-order chi connectivity index (χ1) is 10.1. The van der Waals surface area contributed by atoms with E-state index in [1.54, 1.807) is 13.2 Å². The molecule has 1 aromatic carbocycles. The summed E-state index contributed by atoms with van der Waals surface area (Å²) in [6, 6.07) is 3.15. The quantitative estimate of drug-likeness (QED) is 0.666. The standard InChI is InChI=1S/C17H28FNO2/c1-5-9-19-10-8-13(2)6-7-14-11-16(20-3)17(21-4)12-15(14)18/h11-13,19H,5-10H2,1-4H3. The van der Waals surface area contributed by atoms with Crippen LogP contribution in [0.2, 0.25) is 0 Å². The maximum absolute atomic E-state index is 14.0. The topological polar surface area (TPSA) is 30.5 Å². The molecule has 0 saturated heterocycles. The van der Waals surface area contributed by atoms with Crippen molar-refractivity contribution in [2.45, 2.75) is 39.5 Å². The lowest BCUT2D eigenvalue weighted by atomic mass is 9.97. The second kappa shape index (κ2) is 9.61. The summed E-state index contributed by atoms with van der Waals surface area (Å²) < 4.78 is 24.3. The van der Waals surface area contributed by atoms with Gasteiger partial charge < -0.3 is 14.8 Å². The fraction of sp³-hybridized carbons (Fsp3) is 0.647. The largest absolute Gasteiger partial charge is 0.493 e. The number of methoxy groups -OCH3 is 2. The zero-order valence-corrected chi connectivity index (χ0v) is 13.7. The lowest BCUT2D eigenvalue weighted by molar-refractivity contribution is 0.351. The van der Waals surface area contributed by atoms with Crippen LogP contribution in [0.3, 0.4) is 0 Å². The minimum Gasteiger partial charge on any atom is -0.493 e. The average Bonchev–Trinajstić information content (AvgIpc) is 2.50. The first-order valence-corrected chi connectivity index (χ1v) is 7.73. The van der Waals surface area contributed by atoms with Crippen molar-refractivity contribution in [3.63, 3.8) is 0 Å². The highest BCUT2D eigenvalue weighted by atomic mass is 19.1. The molecule has 0 aliphatic heterocycles. The van der Waals surface area contributed by atoms with Crippen molar-refractivity contribution < 1.29 is 13.9 Å².